The van der Waals surface area contributed by atoms with Crippen LogP contribution in [-0.2, 0) is 27.5 Å². The number of aryl methyl sites for hydroxylation is 2. The summed E-state index contributed by atoms with van der Waals surface area (Å²) in [5, 5.41) is 66.7. The number of allylic oxidation sites excluding steroid dienone is 6. The minimum atomic E-state index is -0.501. The first kappa shape index (κ1) is 74.2. The van der Waals surface area contributed by atoms with E-state index in [-0.39, 0.29) is 84.9 Å². The highest BCUT2D eigenvalue weighted by molar-refractivity contribution is 9.09. The largest absolute Gasteiger partial charge is 0.390 e. The third kappa shape index (κ3) is 13.3. The number of ketones is 3. The average Bonchev–Trinajstić information content (AvgIpc) is 1.43. The second-order valence-corrected chi connectivity index (χ2v) is 34.9. The van der Waals surface area contributed by atoms with Crippen LogP contribution in [-0.4, -0.2) is 107 Å². The van der Waals surface area contributed by atoms with Gasteiger partial charge in [-0.25, -0.2) is 4.68 Å². The van der Waals surface area contributed by atoms with Crippen LogP contribution in [0.4, 0.5) is 0 Å². The number of hydrogen-bond donors (Lipinski definition) is 3. The molecule has 12 aliphatic carbocycles. The third-order valence-corrected chi connectivity index (χ3v) is 29.2. The smallest absolute Gasteiger partial charge is 0.171 e. The molecule has 9 saturated carbocycles. The van der Waals surface area contributed by atoms with Gasteiger partial charge in [0.2, 0.25) is 0 Å². The molecular weight excluding hydrogens is 1240 g/mol. The summed E-state index contributed by atoms with van der Waals surface area (Å²) in [5.41, 5.74) is 5.58. The highest BCUT2D eigenvalue weighted by Crippen LogP contribution is 2.70. The van der Waals surface area contributed by atoms with E-state index in [9.17, 15) is 29.7 Å². The van der Waals surface area contributed by atoms with Crippen molar-refractivity contribution in [1.29, 1.82) is 0 Å². The lowest BCUT2D eigenvalue weighted by Crippen LogP contribution is -2.51. The lowest BCUT2D eigenvalue weighted by Gasteiger charge is -2.58. The molecule has 0 aromatic carbocycles. The summed E-state index contributed by atoms with van der Waals surface area (Å²) in [6.45, 7) is 27.4. The van der Waals surface area contributed by atoms with E-state index in [0.717, 1.165) is 115 Å². The second kappa shape index (κ2) is 27.3. The Morgan fingerprint density at radius 2 is 0.904 bits per heavy atom. The number of nitrogens with zero attached hydrogens (tertiary/aromatic N) is 11. The van der Waals surface area contributed by atoms with Crippen LogP contribution in [0.2, 0.25) is 0 Å². The highest BCUT2D eigenvalue weighted by Gasteiger charge is 2.63. The Morgan fingerprint density at radius 3 is 1.22 bits per heavy atom. The van der Waals surface area contributed by atoms with Gasteiger partial charge in [-0.15, -0.1) is 20.4 Å². The van der Waals surface area contributed by atoms with Gasteiger partial charge in [0, 0.05) is 17.8 Å². The molecule has 0 amide bonds. The van der Waals surface area contributed by atoms with Crippen LogP contribution < -0.4 is 0 Å². The fourth-order valence-corrected chi connectivity index (χ4v) is 23.7. The number of fused-ring (bicyclic) bond motifs is 15. The summed E-state index contributed by atoms with van der Waals surface area (Å²) in [4.78, 5) is 40.5. The molecule has 13 aliphatic rings. The molecule has 524 valence electrons. The van der Waals surface area contributed by atoms with Crippen LogP contribution in [0.3, 0.4) is 0 Å². The SMILES string of the molecule is C.C.C.CC1=NN=NC1.C[C@@]1(O)CC[C@]2(C)C3=CC[C@]4(C)[C@@H](C(=O)CBr)CC[C@H]4[C@@H]3CC[C@H]2C1.Cc1nnn(CC(=O)[C@H]2CC[C@H]3[C@@H]4CC[C@H]5C[C@](C)(O)CC[C@]5(C)C4=CC[C@]23C)n1.Cc1nnnn1CC(=O)[C@H]1CC[C@H]2[C@@H]3CC[C@H]4C[C@](C)(O)CC[C@]4(C)C3=CC[C@]12C. The summed E-state index contributed by atoms with van der Waals surface area (Å²) in [6, 6.07) is 0. The molecule has 17 nitrogen and oxygen atoms in total. The molecule has 9 fully saturated rings. The van der Waals surface area contributed by atoms with Crippen molar-refractivity contribution in [3.05, 3.63) is 46.6 Å². The number of halogens is 1. The first-order valence-electron chi connectivity index (χ1n) is 35.7. The monoisotopic (exact) mass is 1360 g/mol. The summed E-state index contributed by atoms with van der Waals surface area (Å²) >= 11 is 3.41. The molecule has 2 aromatic heterocycles. The van der Waals surface area contributed by atoms with Gasteiger partial charge in [-0.05, 0) is 302 Å². The minimum Gasteiger partial charge on any atom is -0.390 e. The molecule has 94 heavy (non-hydrogen) atoms. The fraction of sp³-hybridized carbons (Fsp3) is 0.842. The van der Waals surface area contributed by atoms with Gasteiger partial charge in [-0.3, -0.25) is 14.4 Å². The Balaban J connectivity index is 0.000000157. The lowest BCUT2D eigenvalue weighted by molar-refractivity contribution is -0.129. The van der Waals surface area contributed by atoms with Gasteiger partial charge >= 0.3 is 0 Å². The minimum absolute atomic E-state index is 0. The summed E-state index contributed by atoms with van der Waals surface area (Å²) in [7, 11) is 0. The number of tetrazole rings is 2. The number of aromatic nitrogens is 8. The number of alkyl halides is 1. The van der Waals surface area contributed by atoms with Crippen LogP contribution in [0.1, 0.15) is 257 Å². The van der Waals surface area contributed by atoms with E-state index in [0.29, 0.717) is 94.9 Å². The van der Waals surface area contributed by atoms with E-state index >= 15 is 0 Å². The lowest BCUT2D eigenvalue weighted by atomic mass is 9.47. The average molecular weight is 1370 g/mol. The summed E-state index contributed by atoms with van der Waals surface area (Å²) < 4.78 is 1.64. The molecule has 2 aromatic rings. The number of carbonyl (C=O) groups is 3. The molecule has 15 rings (SSSR count). The topological polar surface area (TPSA) is 236 Å². The molecule has 0 unspecified atom stereocenters. The van der Waals surface area contributed by atoms with Crippen molar-refractivity contribution in [2.45, 2.75) is 289 Å². The molecular formula is C76H122BrN11O6. The van der Waals surface area contributed by atoms with Crippen LogP contribution in [0.5, 0.6) is 0 Å². The van der Waals surface area contributed by atoms with Gasteiger partial charge in [0.05, 0.1) is 27.8 Å². The molecule has 0 radical (unpaired) electrons. The van der Waals surface area contributed by atoms with Crippen LogP contribution >= 0.6 is 15.9 Å². The van der Waals surface area contributed by atoms with Crippen molar-refractivity contribution in [2.75, 3.05) is 11.9 Å². The number of aliphatic hydroxyl groups is 3. The van der Waals surface area contributed by atoms with Crippen molar-refractivity contribution in [2.24, 2.45) is 119 Å². The van der Waals surface area contributed by atoms with Crippen molar-refractivity contribution in [3.8, 4) is 0 Å². The van der Waals surface area contributed by atoms with Gasteiger partial charge in [0.1, 0.15) is 31.2 Å². The summed E-state index contributed by atoms with van der Waals surface area (Å²) in [5.74, 6) is 8.30. The zero-order valence-electron chi connectivity index (χ0n) is 57.3. The maximum atomic E-state index is 13.3. The van der Waals surface area contributed by atoms with Gasteiger partial charge in [-0.2, -0.15) is 9.91 Å². The van der Waals surface area contributed by atoms with Gasteiger partial charge in [0.25, 0.3) is 0 Å². The molecule has 18 heteroatoms. The first-order valence-corrected chi connectivity index (χ1v) is 36.8. The van der Waals surface area contributed by atoms with Crippen molar-refractivity contribution in [3.63, 3.8) is 0 Å². The fourth-order valence-electron chi connectivity index (χ4n) is 23.4. The molecule has 21 atom stereocenters. The van der Waals surface area contributed by atoms with E-state index in [2.05, 4.69) is 122 Å². The number of carbonyl (C=O) groups excluding carboxylic acids is 3. The zero-order chi connectivity index (χ0) is 65.1. The Bertz CT molecular complexity index is 3270. The Labute approximate surface area is 572 Å². The predicted octanol–water partition coefficient (Wildman–Crippen LogP) is 15.8. The quantitative estimate of drug-likeness (QED) is 0.165. The van der Waals surface area contributed by atoms with E-state index in [1.54, 1.807) is 28.3 Å². The van der Waals surface area contributed by atoms with E-state index in [4.69, 9.17) is 0 Å². The number of rotatable bonds is 8. The van der Waals surface area contributed by atoms with E-state index in [1.807, 2.05) is 34.6 Å². The maximum absolute atomic E-state index is 13.3. The Kier molecular flexibility index (Phi) is 21.5. The Hall–Kier alpha value is -4.00. The van der Waals surface area contributed by atoms with Gasteiger partial charge in [-0.1, -0.05) is 115 Å². The molecule has 0 bridgehead atoms. The van der Waals surface area contributed by atoms with Gasteiger partial charge in [0.15, 0.2) is 17.4 Å². The number of hydrogen-bond acceptors (Lipinski definition) is 15. The maximum Gasteiger partial charge on any atom is 0.171 e. The first-order chi connectivity index (χ1) is 42.9. The molecule has 3 heterocycles. The van der Waals surface area contributed by atoms with Crippen molar-refractivity contribution in [1.82, 2.24) is 40.4 Å². The molecule has 3 N–H and O–H groups in total. The normalized spacial score (nSPS) is 43.9. The molecule has 0 spiro atoms. The molecule has 0 saturated heterocycles. The second-order valence-electron chi connectivity index (χ2n) is 34.3. The Morgan fingerprint density at radius 1 is 0.511 bits per heavy atom. The molecule has 1 aliphatic heterocycles. The van der Waals surface area contributed by atoms with Crippen LogP contribution in [0.15, 0.2) is 50.4 Å². The number of Topliss-reactive ketones (excluding diaryl/α,β-unsaturated/α-hetero) is 3. The predicted molar refractivity (Wildman–Crippen MR) is 374 cm³/mol. The van der Waals surface area contributed by atoms with Crippen molar-refractivity contribution < 1.29 is 29.7 Å². The van der Waals surface area contributed by atoms with E-state index in [1.165, 1.54) is 49.7 Å². The van der Waals surface area contributed by atoms with E-state index < -0.39 is 16.8 Å². The highest BCUT2D eigenvalue weighted by atomic mass is 79.9. The third-order valence-electron chi connectivity index (χ3n) is 28.7. The zero-order valence-corrected chi connectivity index (χ0v) is 58.9. The van der Waals surface area contributed by atoms with Crippen LogP contribution in [0, 0.1) is 117 Å². The summed E-state index contributed by atoms with van der Waals surface area (Å²) in [6.07, 6.45) is 33.5. The van der Waals surface area contributed by atoms with Gasteiger partial charge < -0.3 is 15.3 Å². The standard InChI is InChI=1S/2C24H36N4O2.C22H33BrO2.C3H5N3.3CH4/c1-15-25-26-27-28(15)14-21(29)20-8-7-18-17-6-5-16-13-22(2,30)11-12-23(16,3)19(17)9-10-24(18,20)4;1-15-25-27-28(26-15)14-21(29)20-8-7-18-17-6-5-16-13-22(2,30)11-12-23(16,3)19(17)9-10-24(18,20)4;1-20(25)10-11-21(2)14(12-20)4-5-15-16-6-7-18(19(24)13-23)22(16,3)9-8-17(15)21;1-3-2-4-6-5-3;;;/h2*9,16-18,20,30H,5-8,10-14H2,1-4H3;8,14-16,18,25H,4-7,9-13H2,1-3H3;2H2,1H3;3*1H4/t2*16-,17-,18-,20+,22+,23-,24-;14-,15-,16-,18+,20+,21-,22-;;;;/m000..../s1. The van der Waals surface area contributed by atoms with Crippen molar-refractivity contribution >= 4 is 39.0 Å². The van der Waals surface area contributed by atoms with Crippen LogP contribution in [0.25, 0.3) is 0 Å².